The lowest BCUT2D eigenvalue weighted by Gasteiger charge is -2.26. The molecule has 0 aliphatic carbocycles. The molecule has 0 radical (unpaired) electrons. The Morgan fingerprint density at radius 3 is 2.76 bits per heavy atom. The van der Waals surface area contributed by atoms with Gasteiger partial charge in [0.2, 0.25) is 10.0 Å². The minimum absolute atomic E-state index is 0.197. The first-order chi connectivity index (χ1) is 10.1. The molecule has 1 aliphatic heterocycles. The molecule has 5 nitrogen and oxygen atoms in total. The maximum absolute atomic E-state index is 12.4. The van der Waals surface area contributed by atoms with Crippen LogP contribution >= 0.6 is 0 Å². The lowest BCUT2D eigenvalue weighted by atomic mass is 10.1. The van der Waals surface area contributed by atoms with Crippen LogP contribution in [0.4, 0.5) is 0 Å². The topological polar surface area (TPSA) is 55.2 Å². The fraction of sp³-hybridized carbons (Fsp3) is 0.400. The number of imidazole rings is 1. The summed E-state index contributed by atoms with van der Waals surface area (Å²) in [6.07, 6.45) is 5.06. The summed E-state index contributed by atoms with van der Waals surface area (Å²) >= 11 is 0. The molecule has 0 bridgehead atoms. The van der Waals surface area contributed by atoms with Gasteiger partial charge < -0.3 is 4.57 Å². The highest BCUT2D eigenvalue weighted by molar-refractivity contribution is 7.89. The van der Waals surface area contributed by atoms with Gasteiger partial charge in [-0.15, -0.1) is 0 Å². The van der Waals surface area contributed by atoms with Crippen molar-refractivity contribution in [3.8, 4) is 0 Å². The average molecular weight is 305 g/mol. The lowest BCUT2D eigenvalue weighted by molar-refractivity contribution is 0.335. The predicted molar refractivity (Wildman–Crippen MR) is 81.2 cm³/mol. The Kier molecular flexibility index (Phi) is 4.07. The van der Waals surface area contributed by atoms with Crippen molar-refractivity contribution in [1.82, 2.24) is 13.9 Å². The second kappa shape index (κ2) is 5.99. The zero-order valence-electron chi connectivity index (χ0n) is 11.9. The molecular weight excluding hydrogens is 286 g/mol. The summed E-state index contributed by atoms with van der Waals surface area (Å²) in [7, 11) is -3.19. The molecule has 2 heterocycles. The molecule has 0 fully saturated rings. The van der Waals surface area contributed by atoms with Crippen LogP contribution in [0.2, 0.25) is 0 Å². The van der Waals surface area contributed by atoms with Gasteiger partial charge in [-0.25, -0.2) is 13.4 Å². The zero-order chi connectivity index (χ0) is 14.7. The molecule has 0 spiro atoms. The number of nitrogens with zero attached hydrogens (tertiary/aromatic N) is 3. The van der Waals surface area contributed by atoms with Gasteiger partial charge in [0.05, 0.1) is 12.3 Å². The van der Waals surface area contributed by atoms with Gasteiger partial charge in [-0.3, -0.25) is 0 Å². The Morgan fingerprint density at radius 1 is 1.14 bits per heavy atom. The Hall–Kier alpha value is -1.66. The lowest BCUT2D eigenvalue weighted by Crippen LogP contribution is -2.39. The monoisotopic (exact) mass is 305 g/mol. The third kappa shape index (κ3) is 3.33. The van der Waals surface area contributed by atoms with E-state index in [1.807, 2.05) is 41.1 Å². The van der Waals surface area contributed by atoms with Crippen molar-refractivity contribution >= 4 is 10.0 Å². The minimum atomic E-state index is -3.19. The third-order valence-electron chi connectivity index (χ3n) is 3.81. The Morgan fingerprint density at radius 2 is 1.95 bits per heavy atom. The maximum Gasteiger partial charge on any atom is 0.214 e. The van der Waals surface area contributed by atoms with Crippen molar-refractivity contribution in [2.75, 3.05) is 12.3 Å². The summed E-state index contributed by atoms with van der Waals surface area (Å²) in [4.78, 5) is 4.21. The number of rotatable bonds is 5. The Labute approximate surface area is 125 Å². The fourth-order valence-electron chi connectivity index (χ4n) is 2.62. The van der Waals surface area contributed by atoms with E-state index in [1.165, 1.54) is 5.56 Å². The SMILES string of the molecule is O=S(=O)(CCCc1ccccc1)N1CCn2ccnc2C1. The van der Waals surface area contributed by atoms with Gasteiger partial charge in [0.15, 0.2) is 0 Å². The number of aryl methyl sites for hydroxylation is 1. The van der Waals surface area contributed by atoms with Gasteiger partial charge >= 0.3 is 0 Å². The first-order valence-corrected chi connectivity index (χ1v) is 8.78. The summed E-state index contributed by atoms with van der Waals surface area (Å²) in [5.41, 5.74) is 1.18. The van der Waals surface area contributed by atoms with Gasteiger partial charge in [0, 0.05) is 25.5 Å². The molecular formula is C15H19N3O2S. The van der Waals surface area contributed by atoms with Crippen LogP contribution in [0.5, 0.6) is 0 Å². The quantitative estimate of drug-likeness (QED) is 0.844. The van der Waals surface area contributed by atoms with Crippen LogP contribution in [0, 0.1) is 0 Å². The maximum atomic E-state index is 12.4. The molecule has 1 aromatic carbocycles. The summed E-state index contributed by atoms with van der Waals surface area (Å²) in [6, 6.07) is 9.99. The normalized spacial score (nSPS) is 15.8. The number of benzene rings is 1. The number of hydrogen-bond acceptors (Lipinski definition) is 3. The van der Waals surface area contributed by atoms with E-state index in [9.17, 15) is 8.42 Å². The first kappa shape index (κ1) is 14.3. The molecule has 1 aromatic heterocycles. The van der Waals surface area contributed by atoms with Gasteiger partial charge in [0.1, 0.15) is 5.82 Å². The van der Waals surface area contributed by atoms with E-state index in [4.69, 9.17) is 0 Å². The molecule has 21 heavy (non-hydrogen) atoms. The van der Waals surface area contributed by atoms with E-state index in [1.54, 1.807) is 10.5 Å². The second-order valence-corrected chi connectivity index (χ2v) is 7.36. The Bertz CT molecular complexity index is 695. The minimum Gasteiger partial charge on any atom is -0.333 e. The number of aromatic nitrogens is 2. The van der Waals surface area contributed by atoms with E-state index in [0.29, 0.717) is 26.1 Å². The van der Waals surface area contributed by atoms with Crippen LogP contribution < -0.4 is 0 Å². The van der Waals surface area contributed by atoms with Gasteiger partial charge in [-0.05, 0) is 18.4 Å². The second-order valence-electron chi connectivity index (χ2n) is 5.28. The molecule has 0 N–H and O–H groups in total. The van der Waals surface area contributed by atoms with Gasteiger partial charge in [0.25, 0.3) is 0 Å². The summed E-state index contributed by atoms with van der Waals surface area (Å²) in [5, 5.41) is 0. The molecule has 1 aliphatic rings. The predicted octanol–water partition coefficient (Wildman–Crippen LogP) is 1.66. The van der Waals surface area contributed by atoms with Crippen LogP contribution in [0.3, 0.4) is 0 Å². The van der Waals surface area contributed by atoms with Crippen molar-refractivity contribution in [2.45, 2.75) is 25.9 Å². The Balaban J connectivity index is 1.58. The summed E-state index contributed by atoms with van der Waals surface area (Å²) in [6.45, 7) is 1.62. The largest absolute Gasteiger partial charge is 0.333 e. The zero-order valence-corrected chi connectivity index (χ0v) is 12.7. The molecule has 0 saturated carbocycles. The number of hydrogen-bond donors (Lipinski definition) is 0. The molecule has 0 unspecified atom stereocenters. The molecule has 112 valence electrons. The van der Waals surface area contributed by atoms with Gasteiger partial charge in [-0.1, -0.05) is 30.3 Å². The smallest absolute Gasteiger partial charge is 0.214 e. The summed E-state index contributed by atoms with van der Waals surface area (Å²) in [5.74, 6) is 1.02. The highest BCUT2D eigenvalue weighted by Gasteiger charge is 2.26. The fourth-order valence-corrected chi connectivity index (χ4v) is 4.06. The third-order valence-corrected chi connectivity index (χ3v) is 5.72. The molecule has 3 rings (SSSR count). The van der Waals surface area contributed by atoms with Crippen LogP contribution in [0.15, 0.2) is 42.7 Å². The average Bonchev–Trinajstić information content (AvgIpc) is 2.95. The van der Waals surface area contributed by atoms with Gasteiger partial charge in [-0.2, -0.15) is 4.31 Å². The van der Waals surface area contributed by atoms with Crippen LogP contribution in [-0.4, -0.2) is 34.6 Å². The van der Waals surface area contributed by atoms with Crippen molar-refractivity contribution in [3.63, 3.8) is 0 Å². The molecule has 0 amide bonds. The summed E-state index contributed by atoms with van der Waals surface area (Å²) < 4.78 is 28.4. The number of sulfonamides is 1. The van der Waals surface area contributed by atoms with Crippen LogP contribution in [-0.2, 0) is 29.5 Å². The molecule has 0 saturated heterocycles. The molecule has 2 aromatic rings. The highest BCUT2D eigenvalue weighted by atomic mass is 32.2. The van der Waals surface area contributed by atoms with E-state index in [2.05, 4.69) is 4.98 Å². The number of fused-ring (bicyclic) bond motifs is 1. The van der Waals surface area contributed by atoms with E-state index >= 15 is 0 Å². The first-order valence-electron chi connectivity index (χ1n) is 7.17. The van der Waals surface area contributed by atoms with Crippen molar-refractivity contribution in [2.24, 2.45) is 0 Å². The van der Waals surface area contributed by atoms with Crippen molar-refractivity contribution < 1.29 is 8.42 Å². The van der Waals surface area contributed by atoms with Crippen molar-refractivity contribution in [1.29, 1.82) is 0 Å². The molecule has 0 atom stereocenters. The molecule has 6 heteroatoms. The van der Waals surface area contributed by atoms with E-state index in [-0.39, 0.29) is 5.75 Å². The van der Waals surface area contributed by atoms with Crippen LogP contribution in [0.1, 0.15) is 17.8 Å². The van der Waals surface area contributed by atoms with Crippen LogP contribution in [0.25, 0.3) is 0 Å². The van der Waals surface area contributed by atoms with Crippen molar-refractivity contribution in [3.05, 3.63) is 54.1 Å². The highest BCUT2D eigenvalue weighted by Crippen LogP contribution is 2.15. The standard InChI is InChI=1S/C15H19N3O2S/c19-21(20,12-4-7-14-5-2-1-3-6-14)18-11-10-17-9-8-16-15(17)13-18/h1-3,5-6,8-9H,4,7,10-13H2. The van der Waals surface area contributed by atoms with E-state index in [0.717, 1.165) is 12.2 Å². The van der Waals surface area contributed by atoms with E-state index < -0.39 is 10.0 Å².